The lowest BCUT2D eigenvalue weighted by atomic mass is 9.93. The Labute approximate surface area is 98.4 Å². The first kappa shape index (κ1) is 11.2. The quantitative estimate of drug-likeness (QED) is 0.744. The zero-order chi connectivity index (χ0) is 11.5. The summed E-state index contributed by atoms with van der Waals surface area (Å²) in [4.78, 5) is 16.5. The van der Waals surface area contributed by atoms with Crippen molar-refractivity contribution in [3.8, 4) is 0 Å². The Bertz CT molecular complexity index is 386. The molecule has 88 valence electrons. The molecule has 0 unspecified atom stereocenters. The maximum Gasteiger partial charge on any atom is 0.265 e. The first-order valence-corrected chi connectivity index (χ1v) is 6.33. The van der Waals surface area contributed by atoms with Crippen LogP contribution in [0.1, 0.15) is 35.9 Å². The third-order valence-electron chi connectivity index (χ3n) is 2.63. The van der Waals surface area contributed by atoms with E-state index in [4.69, 9.17) is 5.73 Å². The molecule has 0 saturated heterocycles. The van der Waals surface area contributed by atoms with Crippen molar-refractivity contribution in [1.29, 1.82) is 0 Å². The molecule has 1 aliphatic rings. The van der Waals surface area contributed by atoms with Gasteiger partial charge < -0.3 is 16.4 Å². The van der Waals surface area contributed by atoms with Crippen LogP contribution in [0.4, 0.5) is 10.9 Å². The summed E-state index contributed by atoms with van der Waals surface area (Å²) in [6.07, 6.45) is 3.35. The fraction of sp³-hybridized carbons (Fsp3) is 0.600. The molecule has 1 heterocycles. The molecule has 0 aromatic carbocycles. The van der Waals surface area contributed by atoms with Crippen LogP contribution in [0.3, 0.4) is 0 Å². The van der Waals surface area contributed by atoms with Crippen molar-refractivity contribution < 1.29 is 4.79 Å². The van der Waals surface area contributed by atoms with E-state index in [9.17, 15) is 4.79 Å². The van der Waals surface area contributed by atoms with Crippen LogP contribution in [0.5, 0.6) is 0 Å². The summed E-state index contributed by atoms with van der Waals surface area (Å²) in [6.45, 7) is 2.75. The van der Waals surface area contributed by atoms with E-state index in [-0.39, 0.29) is 5.91 Å². The van der Waals surface area contributed by atoms with Crippen LogP contribution in [0.2, 0.25) is 0 Å². The molecule has 1 aliphatic carbocycles. The zero-order valence-electron chi connectivity index (χ0n) is 9.25. The van der Waals surface area contributed by atoms with Gasteiger partial charge in [-0.2, -0.15) is 0 Å². The molecule has 0 radical (unpaired) electrons. The van der Waals surface area contributed by atoms with Gasteiger partial charge >= 0.3 is 0 Å². The van der Waals surface area contributed by atoms with E-state index in [1.807, 2.05) is 6.92 Å². The highest BCUT2D eigenvalue weighted by Gasteiger charge is 2.23. The second-order valence-electron chi connectivity index (χ2n) is 3.87. The number of nitrogens with one attached hydrogen (secondary N) is 2. The van der Waals surface area contributed by atoms with E-state index >= 15 is 0 Å². The largest absolute Gasteiger partial charge is 0.382 e. The molecular formula is C10H16N4OS. The number of hydrogen-bond donors (Lipinski definition) is 3. The molecule has 1 aromatic heterocycles. The first-order chi connectivity index (χ1) is 7.70. The standard InChI is InChI=1S/C10H16N4OS/c1-2-12-10-14-8(11)7(16-10)9(15)13-6-4-3-5-6/h6H,2-5,11H2,1H3,(H,12,14)(H,13,15). The van der Waals surface area contributed by atoms with Gasteiger partial charge in [0.15, 0.2) is 5.13 Å². The number of thiazole rings is 1. The monoisotopic (exact) mass is 240 g/mol. The SMILES string of the molecule is CCNc1nc(N)c(C(=O)NC2CCC2)s1. The molecule has 6 heteroatoms. The van der Waals surface area contributed by atoms with Crippen LogP contribution in [0, 0.1) is 0 Å². The fourth-order valence-electron chi connectivity index (χ4n) is 1.52. The van der Waals surface area contributed by atoms with E-state index in [1.54, 1.807) is 0 Å². The molecule has 1 aromatic rings. The van der Waals surface area contributed by atoms with Crippen molar-refractivity contribution in [3.05, 3.63) is 4.88 Å². The number of rotatable bonds is 4. The predicted octanol–water partition coefficient (Wildman–Crippen LogP) is 1.44. The third kappa shape index (κ3) is 2.27. The summed E-state index contributed by atoms with van der Waals surface area (Å²) in [5, 5.41) is 6.71. The number of carbonyl (C=O) groups excluding carboxylic acids is 1. The van der Waals surface area contributed by atoms with E-state index in [0.29, 0.717) is 21.9 Å². The van der Waals surface area contributed by atoms with Crippen molar-refractivity contribution in [2.75, 3.05) is 17.6 Å². The zero-order valence-corrected chi connectivity index (χ0v) is 10.1. The molecule has 2 rings (SSSR count). The number of carbonyl (C=O) groups is 1. The Morgan fingerprint density at radius 1 is 1.62 bits per heavy atom. The lowest BCUT2D eigenvalue weighted by Crippen LogP contribution is -2.39. The summed E-state index contributed by atoms with van der Waals surface area (Å²) in [7, 11) is 0. The van der Waals surface area contributed by atoms with Crippen molar-refractivity contribution in [3.63, 3.8) is 0 Å². The van der Waals surface area contributed by atoms with Crippen molar-refractivity contribution in [1.82, 2.24) is 10.3 Å². The molecule has 0 bridgehead atoms. The number of aromatic nitrogens is 1. The van der Waals surface area contributed by atoms with Crippen LogP contribution in [-0.4, -0.2) is 23.5 Å². The Morgan fingerprint density at radius 3 is 2.94 bits per heavy atom. The normalized spacial score (nSPS) is 15.6. The fourth-order valence-corrected chi connectivity index (χ4v) is 2.38. The lowest BCUT2D eigenvalue weighted by molar-refractivity contribution is 0.0922. The summed E-state index contributed by atoms with van der Waals surface area (Å²) >= 11 is 1.31. The van der Waals surface area contributed by atoms with Crippen LogP contribution >= 0.6 is 11.3 Å². The van der Waals surface area contributed by atoms with Gasteiger partial charge in [0.1, 0.15) is 10.7 Å². The van der Waals surface area contributed by atoms with Gasteiger partial charge in [0.05, 0.1) is 0 Å². The highest BCUT2D eigenvalue weighted by atomic mass is 32.1. The summed E-state index contributed by atoms with van der Waals surface area (Å²) < 4.78 is 0. The Morgan fingerprint density at radius 2 is 2.38 bits per heavy atom. The summed E-state index contributed by atoms with van der Waals surface area (Å²) in [6, 6.07) is 0.330. The van der Waals surface area contributed by atoms with E-state index < -0.39 is 0 Å². The van der Waals surface area contributed by atoms with Gasteiger partial charge in [0.25, 0.3) is 5.91 Å². The van der Waals surface area contributed by atoms with Gasteiger partial charge in [0, 0.05) is 12.6 Å². The molecule has 1 amide bonds. The Hall–Kier alpha value is -1.30. The number of anilines is 2. The van der Waals surface area contributed by atoms with Gasteiger partial charge in [-0.05, 0) is 26.2 Å². The summed E-state index contributed by atoms with van der Waals surface area (Å²) in [5.41, 5.74) is 5.71. The number of nitrogens with two attached hydrogens (primary N) is 1. The molecule has 0 aliphatic heterocycles. The Kier molecular flexibility index (Phi) is 3.28. The van der Waals surface area contributed by atoms with Gasteiger partial charge in [-0.1, -0.05) is 11.3 Å². The maximum atomic E-state index is 11.8. The molecule has 0 atom stereocenters. The predicted molar refractivity (Wildman–Crippen MR) is 65.8 cm³/mol. The minimum atomic E-state index is -0.0937. The number of nitrogen functional groups attached to an aromatic ring is 1. The van der Waals surface area contributed by atoms with Crippen LogP contribution < -0.4 is 16.4 Å². The minimum absolute atomic E-state index is 0.0937. The van der Waals surface area contributed by atoms with Crippen LogP contribution in [-0.2, 0) is 0 Å². The van der Waals surface area contributed by atoms with Gasteiger partial charge in [-0.15, -0.1) is 0 Å². The maximum absolute atomic E-state index is 11.8. The summed E-state index contributed by atoms with van der Waals surface area (Å²) in [5.74, 6) is 0.224. The third-order valence-corrected chi connectivity index (χ3v) is 3.66. The van der Waals surface area contributed by atoms with Gasteiger partial charge in [-0.3, -0.25) is 4.79 Å². The van der Waals surface area contributed by atoms with Crippen molar-refractivity contribution >= 4 is 28.2 Å². The van der Waals surface area contributed by atoms with Gasteiger partial charge in [-0.25, -0.2) is 4.98 Å². The number of hydrogen-bond acceptors (Lipinski definition) is 5. The van der Waals surface area contributed by atoms with Crippen molar-refractivity contribution in [2.45, 2.75) is 32.2 Å². The van der Waals surface area contributed by atoms with Gasteiger partial charge in [0.2, 0.25) is 0 Å². The van der Waals surface area contributed by atoms with E-state index in [0.717, 1.165) is 19.4 Å². The average Bonchev–Trinajstić information content (AvgIpc) is 2.54. The molecule has 4 N–H and O–H groups in total. The highest BCUT2D eigenvalue weighted by Crippen LogP contribution is 2.26. The minimum Gasteiger partial charge on any atom is -0.382 e. The molecule has 0 spiro atoms. The Balaban J connectivity index is 2.03. The molecule has 1 saturated carbocycles. The average molecular weight is 240 g/mol. The number of amides is 1. The second-order valence-corrected chi connectivity index (χ2v) is 4.86. The van der Waals surface area contributed by atoms with E-state index in [1.165, 1.54) is 17.8 Å². The first-order valence-electron chi connectivity index (χ1n) is 5.51. The highest BCUT2D eigenvalue weighted by molar-refractivity contribution is 7.18. The van der Waals surface area contributed by atoms with Crippen molar-refractivity contribution in [2.24, 2.45) is 0 Å². The molecule has 1 fully saturated rings. The molecule has 16 heavy (non-hydrogen) atoms. The smallest absolute Gasteiger partial charge is 0.265 e. The topological polar surface area (TPSA) is 80.0 Å². The molecular weight excluding hydrogens is 224 g/mol. The van der Waals surface area contributed by atoms with E-state index in [2.05, 4.69) is 15.6 Å². The van der Waals surface area contributed by atoms with Crippen LogP contribution in [0.15, 0.2) is 0 Å². The lowest BCUT2D eigenvalue weighted by Gasteiger charge is -2.25. The van der Waals surface area contributed by atoms with Crippen LogP contribution in [0.25, 0.3) is 0 Å². The second kappa shape index (κ2) is 4.69. The number of nitrogens with zero attached hydrogens (tertiary/aromatic N) is 1. The molecule has 5 nitrogen and oxygen atoms in total.